The minimum atomic E-state index is -3.48. The number of amides is 1. The topological polar surface area (TPSA) is 89.3 Å². The molecule has 0 atom stereocenters. The van der Waals surface area contributed by atoms with Crippen LogP contribution in [0, 0.1) is 6.92 Å². The summed E-state index contributed by atoms with van der Waals surface area (Å²) in [6.07, 6.45) is 0.580. The highest BCUT2D eigenvalue weighted by atomic mass is 32.2. The summed E-state index contributed by atoms with van der Waals surface area (Å²) in [5, 5.41) is 0. The van der Waals surface area contributed by atoms with E-state index < -0.39 is 15.9 Å². The van der Waals surface area contributed by atoms with Gasteiger partial charge in [-0.3, -0.25) is 4.79 Å². The largest absolute Gasteiger partial charge is 0.370 e. The van der Waals surface area contributed by atoms with Crippen LogP contribution in [0.3, 0.4) is 0 Å². The zero-order chi connectivity index (χ0) is 12.9. The van der Waals surface area contributed by atoms with Crippen molar-refractivity contribution in [1.82, 2.24) is 4.72 Å². The molecule has 94 valence electrons. The Morgan fingerprint density at radius 3 is 2.41 bits per heavy atom. The summed E-state index contributed by atoms with van der Waals surface area (Å²) in [7, 11) is -3.48. The van der Waals surface area contributed by atoms with E-state index in [0.29, 0.717) is 6.42 Å². The predicted molar refractivity (Wildman–Crippen MR) is 64.8 cm³/mol. The second-order valence-electron chi connectivity index (χ2n) is 3.78. The lowest BCUT2D eigenvalue weighted by Gasteiger charge is -2.06. The molecule has 0 aromatic heterocycles. The Morgan fingerprint density at radius 2 is 1.88 bits per heavy atom. The minimum absolute atomic E-state index is 0.177. The molecule has 0 saturated heterocycles. The van der Waals surface area contributed by atoms with Crippen LogP contribution in [-0.4, -0.2) is 20.9 Å². The molecule has 0 radical (unpaired) electrons. The number of sulfonamides is 1. The van der Waals surface area contributed by atoms with Gasteiger partial charge in [0, 0.05) is 13.0 Å². The number of carbonyl (C=O) groups is 1. The molecule has 6 heteroatoms. The molecule has 0 heterocycles. The molecule has 1 amide bonds. The molecule has 0 fully saturated rings. The van der Waals surface area contributed by atoms with Crippen LogP contribution in [0.15, 0.2) is 29.2 Å². The Morgan fingerprint density at radius 1 is 1.29 bits per heavy atom. The maximum atomic E-state index is 11.8. The number of nitrogens with one attached hydrogen (secondary N) is 1. The third-order valence-corrected chi connectivity index (χ3v) is 3.70. The number of aryl methyl sites for hydroxylation is 1. The zero-order valence-electron chi connectivity index (χ0n) is 9.64. The predicted octanol–water partition coefficient (Wildman–Crippen LogP) is 0.539. The van der Waals surface area contributed by atoms with Crippen molar-refractivity contribution in [2.75, 3.05) is 6.54 Å². The monoisotopic (exact) mass is 256 g/mol. The van der Waals surface area contributed by atoms with E-state index in [0.717, 1.165) is 5.56 Å². The molecular weight excluding hydrogens is 240 g/mol. The standard InChI is InChI=1S/C11H16N2O3S/c1-9-4-6-10(7-5-9)17(15,16)13-8-2-3-11(12)14/h4-7,13H,2-3,8H2,1H3,(H2,12,14). The van der Waals surface area contributed by atoms with Crippen molar-refractivity contribution in [3.63, 3.8) is 0 Å². The summed E-state index contributed by atoms with van der Waals surface area (Å²) in [6, 6.07) is 6.56. The molecular formula is C11H16N2O3S. The molecule has 1 aromatic carbocycles. The van der Waals surface area contributed by atoms with Crippen LogP contribution in [0.4, 0.5) is 0 Å². The number of benzene rings is 1. The van der Waals surface area contributed by atoms with Crippen molar-refractivity contribution < 1.29 is 13.2 Å². The Balaban J connectivity index is 2.57. The average molecular weight is 256 g/mol. The van der Waals surface area contributed by atoms with E-state index in [9.17, 15) is 13.2 Å². The second-order valence-corrected chi connectivity index (χ2v) is 5.55. The van der Waals surface area contributed by atoms with Crippen LogP contribution in [0.2, 0.25) is 0 Å². The van der Waals surface area contributed by atoms with Crippen molar-refractivity contribution in [1.29, 1.82) is 0 Å². The van der Waals surface area contributed by atoms with Gasteiger partial charge in [0.1, 0.15) is 0 Å². The quantitative estimate of drug-likeness (QED) is 0.728. The molecule has 0 saturated carbocycles. The lowest BCUT2D eigenvalue weighted by molar-refractivity contribution is -0.118. The van der Waals surface area contributed by atoms with Gasteiger partial charge in [-0.05, 0) is 25.5 Å². The van der Waals surface area contributed by atoms with Crippen molar-refractivity contribution in [3.05, 3.63) is 29.8 Å². The molecule has 0 aliphatic carbocycles. The van der Waals surface area contributed by atoms with Gasteiger partial charge >= 0.3 is 0 Å². The van der Waals surface area contributed by atoms with E-state index in [1.165, 1.54) is 0 Å². The normalized spacial score (nSPS) is 11.4. The van der Waals surface area contributed by atoms with E-state index in [1.54, 1.807) is 24.3 Å². The summed E-state index contributed by atoms with van der Waals surface area (Å²) in [5.41, 5.74) is 5.95. The fourth-order valence-corrected chi connectivity index (χ4v) is 2.34. The number of rotatable bonds is 6. The van der Waals surface area contributed by atoms with E-state index in [-0.39, 0.29) is 17.9 Å². The van der Waals surface area contributed by atoms with Gasteiger partial charge in [-0.1, -0.05) is 17.7 Å². The summed E-state index contributed by atoms with van der Waals surface area (Å²) in [4.78, 5) is 10.7. The van der Waals surface area contributed by atoms with Gasteiger partial charge < -0.3 is 5.73 Å². The van der Waals surface area contributed by atoms with Gasteiger partial charge in [-0.25, -0.2) is 13.1 Å². The molecule has 3 N–H and O–H groups in total. The smallest absolute Gasteiger partial charge is 0.240 e. The Labute approximate surface area is 101 Å². The first kappa shape index (κ1) is 13.7. The summed E-state index contributed by atoms with van der Waals surface area (Å²) in [6.45, 7) is 2.09. The molecule has 1 rings (SSSR count). The Kier molecular flexibility index (Phi) is 4.65. The molecule has 0 bridgehead atoms. The van der Waals surface area contributed by atoms with Crippen LogP contribution >= 0.6 is 0 Å². The van der Waals surface area contributed by atoms with Crippen molar-refractivity contribution in [3.8, 4) is 0 Å². The van der Waals surface area contributed by atoms with E-state index in [4.69, 9.17) is 5.73 Å². The first-order valence-corrected chi connectivity index (χ1v) is 6.75. The molecule has 17 heavy (non-hydrogen) atoms. The molecule has 0 aliphatic rings. The number of primary amides is 1. The van der Waals surface area contributed by atoms with Crippen LogP contribution in [-0.2, 0) is 14.8 Å². The lowest BCUT2D eigenvalue weighted by Crippen LogP contribution is -2.25. The highest BCUT2D eigenvalue weighted by Crippen LogP contribution is 2.09. The van der Waals surface area contributed by atoms with Crippen molar-refractivity contribution in [2.24, 2.45) is 5.73 Å². The fraction of sp³-hybridized carbons (Fsp3) is 0.364. The summed E-state index contributed by atoms with van der Waals surface area (Å²) < 4.78 is 25.9. The van der Waals surface area contributed by atoms with Gasteiger partial charge in [0.15, 0.2) is 0 Å². The van der Waals surface area contributed by atoms with E-state index in [2.05, 4.69) is 4.72 Å². The highest BCUT2D eigenvalue weighted by Gasteiger charge is 2.12. The third kappa shape index (κ3) is 4.54. The molecule has 0 aliphatic heterocycles. The SMILES string of the molecule is Cc1ccc(S(=O)(=O)NCCCC(N)=O)cc1. The van der Waals surface area contributed by atoms with E-state index in [1.807, 2.05) is 6.92 Å². The fourth-order valence-electron chi connectivity index (χ4n) is 1.27. The van der Waals surface area contributed by atoms with Gasteiger partial charge in [0.25, 0.3) is 0 Å². The zero-order valence-corrected chi connectivity index (χ0v) is 10.5. The first-order chi connectivity index (χ1) is 7.92. The van der Waals surface area contributed by atoms with Gasteiger partial charge in [0.05, 0.1) is 4.90 Å². The van der Waals surface area contributed by atoms with Crippen LogP contribution < -0.4 is 10.5 Å². The van der Waals surface area contributed by atoms with Gasteiger partial charge in [0.2, 0.25) is 15.9 Å². The van der Waals surface area contributed by atoms with Gasteiger partial charge in [-0.15, -0.1) is 0 Å². The minimum Gasteiger partial charge on any atom is -0.370 e. The van der Waals surface area contributed by atoms with Crippen molar-refractivity contribution in [2.45, 2.75) is 24.7 Å². The Bertz CT molecular complexity index is 480. The van der Waals surface area contributed by atoms with Crippen LogP contribution in [0.25, 0.3) is 0 Å². The maximum Gasteiger partial charge on any atom is 0.240 e. The number of carbonyl (C=O) groups excluding carboxylic acids is 1. The first-order valence-electron chi connectivity index (χ1n) is 5.26. The number of hydrogen-bond acceptors (Lipinski definition) is 3. The van der Waals surface area contributed by atoms with Crippen LogP contribution in [0.5, 0.6) is 0 Å². The third-order valence-electron chi connectivity index (χ3n) is 2.22. The molecule has 0 spiro atoms. The summed E-state index contributed by atoms with van der Waals surface area (Å²) >= 11 is 0. The Hall–Kier alpha value is -1.40. The van der Waals surface area contributed by atoms with Crippen LogP contribution in [0.1, 0.15) is 18.4 Å². The summed E-state index contributed by atoms with van der Waals surface area (Å²) in [5.74, 6) is -0.431. The number of hydrogen-bond donors (Lipinski definition) is 2. The number of nitrogens with two attached hydrogens (primary N) is 1. The highest BCUT2D eigenvalue weighted by molar-refractivity contribution is 7.89. The molecule has 1 aromatic rings. The average Bonchev–Trinajstić information content (AvgIpc) is 2.25. The molecule has 0 unspecified atom stereocenters. The van der Waals surface area contributed by atoms with Gasteiger partial charge in [-0.2, -0.15) is 0 Å². The van der Waals surface area contributed by atoms with Crippen molar-refractivity contribution >= 4 is 15.9 Å². The molecule has 5 nitrogen and oxygen atoms in total. The lowest BCUT2D eigenvalue weighted by atomic mass is 10.2. The van der Waals surface area contributed by atoms with E-state index >= 15 is 0 Å². The maximum absolute atomic E-state index is 11.8. The second kappa shape index (κ2) is 5.79.